The number of alkyl halides is 3. The second-order valence-electron chi connectivity index (χ2n) is 3.65. The van der Waals surface area contributed by atoms with Crippen LogP contribution >= 0.6 is 0 Å². The average Bonchev–Trinajstić information content (AvgIpc) is 2.55. The van der Waals surface area contributed by atoms with Gasteiger partial charge in [0.05, 0.1) is 5.52 Å². The third kappa shape index (κ3) is 1.67. The highest BCUT2D eigenvalue weighted by atomic mass is 19.4. The fourth-order valence-corrected chi connectivity index (χ4v) is 1.74. The highest BCUT2D eigenvalue weighted by Gasteiger charge is 2.40. The predicted molar refractivity (Wildman–Crippen MR) is 54.0 cm³/mol. The maximum Gasteiger partial charge on any atom is 0.433 e. The number of rotatable bonds is 1. The molecule has 2 aromatic rings. The van der Waals surface area contributed by atoms with E-state index < -0.39 is 12.4 Å². The molecule has 0 saturated carbocycles. The van der Waals surface area contributed by atoms with Crippen LogP contribution < -0.4 is 0 Å². The SMILES string of the molecule is Cc1cn(C(O)C(F)(F)F)c2ccccc12. The molecule has 0 fully saturated rings. The van der Waals surface area contributed by atoms with Crippen LogP contribution in [0.1, 0.15) is 11.8 Å². The Morgan fingerprint density at radius 2 is 1.88 bits per heavy atom. The van der Waals surface area contributed by atoms with E-state index in [4.69, 9.17) is 0 Å². The fraction of sp³-hybridized carbons (Fsp3) is 0.273. The normalized spacial score (nSPS) is 14.3. The van der Waals surface area contributed by atoms with Gasteiger partial charge in [-0.15, -0.1) is 0 Å². The van der Waals surface area contributed by atoms with E-state index in [0.29, 0.717) is 16.5 Å². The molecule has 1 aromatic heterocycles. The first-order valence-electron chi connectivity index (χ1n) is 4.72. The average molecular weight is 229 g/mol. The molecule has 86 valence electrons. The summed E-state index contributed by atoms with van der Waals surface area (Å²) >= 11 is 0. The van der Waals surface area contributed by atoms with Crippen LogP contribution in [0.2, 0.25) is 0 Å². The number of aromatic nitrogens is 1. The molecule has 0 radical (unpaired) electrons. The zero-order chi connectivity index (χ0) is 11.9. The molecule has 0 spiro atoms. The summed E-state index contributed by atoms with van der Waals surface area (Å²) in [7, 11) is 0. The summed E-state index contributed by atoms with van der Waals surface area (Å²) in [6, 6.07) is 6.67. The Hall–Kier alpha value is -1.49. The van der Waals surface area contributed by atoms with Gasteiger partial charge in [-0.25, -0.2) is 0 Å². The van der Waals surface area contributed by atoms with Gasteiger partial charge in [-0.1, -0.05) is 18.2 Å². The third-order valence-corrected chi connectivity index (χ3v) is 2.50. The Morgan fingerprint density at radius 3 is 2.50 bits per heavy atom. The minimum Gasteiger partial charge on any atom is -0.366 e. The van der Waals surface area contributed by atoms with Crippen molar-refractivity contribution in [1.82, 2.24) is 4.57 Å². The number of benzene rings is 1. The molecule has 1 N–H and O–H groups in total. The second kappa shape index (κ2) is 3.52. The lowest BCUT2D eigenvalue weighted by molar-refractivity contribution is -0.230. The van der Waals surface area contributed by atoms with Gasteiger partial charge in [-0.3, -0.25) is 0 Å². The van der Waals surface area contributed by atoms with E-state index >= 15 is 0 Å². The van der Waals surface area contributed by atoms with Crippen molar-refractivity contribution in [1.29, 1.82) is 0 Å². The van der Waals surface area contributed by atoms with Crippen molar-refractivity contribution in [3.05, 3.63) is 36.0 Å². The second-order valence-corrected chi connectivity index (χ2v) is 3.65. The van der Waals surface area contributed by atoms with E-state index in [-0.39, 0.29) is 0 Å². The van der Waals surface area contributed by atoms with Crippen LogP contribution in [0, 0.1) is 6.92 Å². The lowest BCUT2D eigenvalue weighted by Crippen LogP contribution is -2.25. The number of nitrogens with zero attached hydrogens (tertiary/aromatic N) is 1. The van der Waals surface area contributed by atoms with Crippen LogP contribution in [-0.4, -0.2) is 15.8 Å². The van der Waals surface area contributed by atoms with Gasteiger partial charge in [0.1, 0.15) is 0 Å². The van der Waals surface area contributed by atoms with Crippen LogP contribution in [0.25, 0.3) is 10.9 Å². The Kier molecular flexibility index (Phi) is 2.42. The molecule has 2 nitrogen and oxygen atoms in total. The fourth-order valence-electron chi connectivity index (χ4n) is 1.74. The number of para-hydroxylation sites is 1. The summed E-state index contributed by atoms with van der Waals surface area (Å²) in [6.07, 6.45) is -5.84. The van der Waals surface area contributed by atoms with Gasteiger partial charge in [0.2, 0.25) is 6.23 Å². The van der Waals surface area contributed by atoms with Gasteiger partial charge >= 0.3 is 6.18 Å². The molecule has 0 aliphatic carbocycles. The maximum absolute atomic E-state index is 12.4. The van der Waals surface area contributed by atoms with E-state index in [1.807, 2.05) is 0 Å². The van der Waals surface area contributed by atoms with Crippen molar-refractivity contribution in [2.24, 2.45) is 0 Å². The molecule has 0 aliphatic heterocycles. The standard InChI is InChI=1S/C11H10F3NO/c1-7-6-15(10(16)11(12,13)14)9-5-3-2-4-8(7)9/h2-6,10,16H,1H3. The summed E-state index contributed by atoms with van der Waals surface area (Å²) in [5.41, 5.74) is 1.09. The van der Waals surface area contributed by atoms with E-state index in [2.05, 4.69) is 0 Å². The van der Waals surface area contributed by atoms with Crippen LogP contribution in [0.4, 0.5) is 13.2 Å². The van der Waals surface area contributed by atoms with Crippen LogP contribution in [0.3, 0.4) is 0 Å². The summed E-state index contributed by atoms with van der Waals surface area (Å²) in [5.74, 6) is 0. The van der Waals surface area contributed by atoms with Crippen LogP contribution in [0.15, 0.2) is 30.5 Å². The van der Waals surface area contributed by atoms with Crippen molar-refractivity contribution in [2.45, 2.75) is 19.3 Å². The number of aryl methyl sites for hydroxylation is 1. The zero-order valence-electron chi connectivity index (χ0n) is 8.49. The lowest BCUT2D eigenvalue weighted by Gasteiger charge is -2.17. The first kappa shape index (κ1) is 11.0. The molecule has 0 amide bonds. The highest BCUT2D eigenvalue weighted by Crippen LogP contribution is 2.32. The summed E-state index contributed by atoms with van der Waals surface area (Å²) in [5, 5.41) is 9.92. The summed E-state index contributed by atoms with van der Waals surface area (Å²) < 4.78 is 38.0. The number of hydrogen-bond donors (Lipinski definition) is 1. The molecule has 2 rings (SSSR count). The molecular formula is C11H10F3NO. The van der Waals surface area contributed by atoms with Gasteiger partial charge < -0.3 is 9.67 Å². The largest absolute Gasteiger partial charge is 0.433 e. The first-order chi connectivity index (χ1) is 7.41. The van der Waals surface area contributed by atoms with Gasteiger partial charge in [-0.05, 0) is 18.6 Å². The maximum atomic E-state index is 12.4. The topological polar surface area (TPSA) is 25.2 Å². The van der Waals surface area contributed by atoms with E-state index in [1.54, 1.807) is 31.2 Å². The van der Waals surface area contributed by atoms with Gasteiger partial charge in [0.15, 0.2) is 0 Å². The summed E-state index contributed by atoms with van der Waals surface area (Å²) in [6.45, 7) is 1.71. The van der Waals surface area contributed by atoms with Crippen molar-refractivity contribution in [3.8, 4) is 0 Å². The smallest absolute Gasteiger partial charge is 0.366 e. The number of aliphatic hydroxyl groups excluding tert-OH is 1. The molecule has 1 heterocycles. The van der Waals surface area contributed by atoms with Crippen LogP contribution in [-0.2, 0) is 0 Å². The Labute approximate surface area is 89.9 Å². The number of hydrogen-bond acceptors (Lipinski definition) is 1. The van der Waals surface area contributed by atoms with Gasteiger partial charge in [-0.2, -0.15) is 13.2 Å². The molecule has 0 bridgehead atoms. The van der Waals surface area contributed by atoms with Crippen molar-refractivity contribution in [3.63, 3.8) is 0 Å². The highest BCUT2D eigenvalue weighted by molar-refractivity contribution is 5.83. The van der Waals surface area contributed by atoms with Crippen molar-refractivity contribution >= 4 is 10.9 Å². The van der Waals surface area contributed by atoms with Crippen LogP contribution in [0.5, 0.6) is 0 Å². The Bertz CT molecular complexity index is 515. The minimum absolute atomic E-state index is 0.379. The van der Waals surface area contributed by atoms with Gasteiger partial charge in [0, 0.05) is 11.6 Å². The Balaban J connectivity index is 2.62. The molecule has 1 atom stereocenters. The summed E-state index contributed by atoms with van der Waals surface area (Å²) in [4.78, 5) is 0. The molecule has 0 aliphatic rings. The molecule has 1 aromatic carbocycles. The number of fused-ring (bicyclic) bond motifs is 1. The molecule has 1 unspecified atom stereocenters. The number of halogens is 3. The lowest BCUT2D eigenvalue weighted by atomic mass is 10.2. The van der Waals surface area contributed by atoms with Crippen molar-refractivity contribution < 1.29 is 18.3 Å². The predicted octanol–water partition coefficient (Wildman–Crippen LogP) is 3.00. The molecular weight excluding hydrogens is 219 g/mol. The number of aliphatic hydroxyl groups is 1. The van der Waals surface area contributed by atoms with Crippen molar-refractivity contribution in [2.75, 3.05) is 0 Å². The molecule has 5 heteroatoms. The molecule has 16 heavy (non-hydrogen) atoms. The van der Waals surface area contributed by atoms with E-state index in [0.717, 1.165) is 4.57 Å². The monoisotopic (exact) mass is 229 g/mol. The minimum atomic E-state index is -4.66. The Morgan fingerprint density at radius 1 is 1.25 bits per heavy atom. The first-order valence-corrected chi connectivity index (χ1v) is 4.72. The van der Waals surface area contributed by atoms with Gasteiger partial charge in [0.25, 0.3) is 0 Å². The van der Waals surface area contributed by atoms with E-state index in [9.17, 15) is 18.3 Å². The zero-order valence-corrected chi connectivity index (χ0v) is 8.49. The molecule has 0 saturated heterocycles. The van der Waals surface area contributed by atoms with E-state index in [1.165, 1.54) is 6.20 Å². The quantitative estimate of drug-likeness (QED) is 0.798. The third-order valence-electron chi connectivity index (χ3n) is 2.50.